The van der Waals surface area contributed by atoms with E-state index in [-0.39, 0.29) is 12.1 Å². The van der Waals surface area contributed by atoms with E-state index in [2.05, 4.69) is 29.2 Å². The molecule has 0 aliphatic carbocycles. The molecule has 1 aliphatic heterocycles. The Morgan fingerprint density at radius 1 is 1.21 bits per heavy atom. The van der Waals surface area contributed by atoms with E-state index in [1.807, 2.05) is 26.0 Å². The highest BCUT2D eigenvalue weighted by atomic mass is 16.3. The van der Waals surface area contributed by atoms with Crippen LogP contribution in [-0.4, -0.2) is 12.6 Å². The Labute approximate surface area is 114 Å². The Bertz CT molecular complexity index is 574. The number of fused-ring (bicyclic) bond motifs is 1. The largest absolute Gasteiger partial charge is 0.464 e. The normalized spacial score (nSPS) is 17.3. The third-order valence-electron chi connectivity index (χ3n) is 3.81. The second kappa shape index (κ2) is 4.74. The van der Waals surface area contributed by atoms with Crippen LogP contribution in [0.5, 0.6) is 0 Å². The number of aryl methyl sites for hydroxylation is 1. The first-order chi connectivity index (χ1) is 9.16. The molecule has 0 bridgehead atoms. The lowest BCUT2D eigenvalue weighted by Gasteiger charge is -2.31. The number of anilines is 1. The van der Waals surface area contributed by atoms with Crippen LogP contribution < -0.4 is 10.6 Å². The average Bonchev–Trinajstić information content (AvgIpc) is 2.98. The number of nitrogens with zero attached hydrogens (tertiary/aromatic N) is 1. The second-order valence-corrected chi connectivity index (χ2v) is 5.32. The maximum Gasteiger partial charge on any atom is 0.128 e. The van der Waals surface area contributed by atoms with Crippen LogP contribution in [0.25, 0.3) is 0 Å². The molecule has 0 saturated heterocycles. The molecular weight excluding hydrogens is 236 g/mol. The van der Waals surface area contributed by atoms with E-state index in [1.54, 1.807) is 0 Å². The Kier molecular flexibility index (Phi) is 3.07. The van der Waals surface area contributed by atoms with Crippen LogP contribution >= 0.6 is 0 Å². The molecule has 0 fully saturated rings. The third-order valence-corrected chi connectivity index (χ3v) is 3.81. The Morgan fingerprint density at radius 2 is 2.00 bits per heavy atom. The van der Waals surface area contributed by atoms with Crippen molar-refractivity contribution in [1.29, 1.82) is 0 Å². The van der Waals surface area contributed by atoms with Gasteiger partial charge >= 0.3 is 0 Å². The van der Waals surface area contributed by atoms with Crippen LogP contribution in [0.2, 0.25) is 0 Å². The van der Waals surface area contributed by atoms with Gasteiger partial charge in [0.1, 0.15) is 17.6 Å². The number of furan rings is 1. The monoisotopic (exact) mass is 256 g/mol. The van der Waals surface area contributed by atoms with Crippen LogP contribution in [0, 0.1) is 6.92 Å². The summed E-state index contributed by atoms with van der Waals surface area (Å²) in [6.07, 6.45) is 1.08. The van der Waals surface area contributed by atoms with Crippen molar-refractivity contribution in [1.82, 2.24) is 0 Å². The average molecular weight is 256 g/mol. The number of rotatable bonds is 3. The molecule has 2 aromatic rings. The van der Waals surface area contributed by atoms with Crippen LogP contribution in [-0.2, 0) is 6.42 Å². The summed E-state index contributed by atoms with van der Waals surface area (Å²) in [5.74, 6) is 1.90. The molecule has 0 spiro atoms. The van der Waals surface area contributed by atoms with Crippen molar-refractivity contribution < 1.29 is 4.42 Å². The third kappa shape index (κ3) is 2.15. The van der Waals surface area contributed by atoms with Crippen LogP contribution in [0.4, 0.5) is 5.69 Å². The highest BCUT2D eigenvalue weighted by Crippen LogP contribution is 2.36. The summed E-state index contributed by atoms with van der Waals surface area (Å²) in [7, 11) is 0. The standard InChI is InChI=1S/C16H20N2O/c1-11-7-8-15(19-11)16(12(2)17)18-10-9-13-5-3-4-6-14(13)18/h3-8,12,16H,9-10,17H2,1-2H3. The maximum atomic E-state index is 6.21. The minimum atomic E-state index is 0.0247. The topological polar surface area (TPSA) is 42.4 Å². The lowest BCUT2D eigenvalue weighted by atomic mass is 10.1. The van der Waals surface area contributed by atoms with Gasteiger partial charge in [-0.2, -0.15) is 0 Å². The van der Waals surface area contributed by atoms with Crippen LogP contribution in [0.3, 0.4) is 0 Å². The molecule has 2 N–H and O–H groups in total. The first-order valence-electron chi connectivity index (χ1n) is 6.83. The van der Waals surface area contributed by atoms with Crippen molar-refractivity contribution in [2.45, 2.75) is 32.4 Å². The van der Waals surface area contributed by atoms with E-state index in [4.69, 9.17) is 10.2 Å². The quantitative estimate of drug-likeness (QED) is 0.917. The minimum absolute atomic E-state index is 0.0247. The zero-order chi connectivity index (χ0) is 13.4. The smallest absolute Gasteiger partial charge is 0.128 e. The molecule has 0 saturated carbocycles. The van der Waals surface area contributed by atoms with Gasteiger partial charge in [0, 0.05) is 18.3 Å². The number of hydrogen-bond donors (Lipinski definition) is 1. The summed E-state index contributed by atoms with van der Waals surface area (Å²) in [6, 6.07) is 12.7. The predicted molar refractivity (Wildman–Crippen MR) is 77.3 cm³/mol. The van der Waals surface area contributed by atoms with Crippen LogP contribution in [0.1, 0.15) is 30.0 Å². The molecule has 3 rings (SSSR count). The van der Waals surface area contributed by atoms with Gasteiger partial charge in [-0.1, -0.05) is 18.2 Å². The van der Waals surface area contributed by atoms with Gasteiger partial charge in [-0.15, -0.1) is 0 Å². The first-order valence-corrected chi connectivity index (χ1v) is 6.83. The molecule has 3 nitrogen and oxygen atoms in total. The molecule has 3 heteroatoms. The molecule has 100 valence electrons. The van der Waals surface area contributed by atoms with Crippen molar-refractivity contribution in [3.8, 4) is 0 Å². The summed E-state index contributed by atoms with van der Waals surface area (Å²) in [5, 5.41) is 0. The highest BCUT2D eigenvalue weighted by Gasteiger charge is 2.31. The number of nitrogens with two attached hydrogens (primary N) is 1. The predicted octanol–water partition coefficient (Wildman–Crippen LogP) is 3.04. The molecule has 1 aromatic carbocycles. The molecule has 2 heterocycles. The fourth-order valence-electron chi connectivity index (χ4n) is 2.96. The Balaban J connectivity index is 1.99. The van der Waals surface area contributed by atoms with Gasteiger partial charge in [0.05, 0.1) is 0 Å². The molecule has 1 aromatic heterocycles. The lowest BCUT2D eigenvalue weighted by Crippen LogP contribution is -2.38. The Morgan fingerprint density at radius 3 is 2.68 bits per heavy atom. The summed E-state index contributed by atoms with van der Waals surface area (Å²) in [4.78, 5) is 2.37. The molecule has 19 heavy (non-hydrogen) atoms. The van der Waals surface area contributed by atoms with Gasteiger partial charge in [0.2, 0.25) is 0 Å². The fourth-order valence-corrected chi connectivity index (χ4v) is 2.96. The fraction of sp³-hybridized carbons (Fsp3) is 0.375. The van der Waals surface area contributed by atoms with E-state index < -0.39 is 0 Å². The van der Waals surface area contributed by atoms with Crippen molar-refractivity contribution in [3.05, 3.63) is 53.5 Å². The van der Waals surface area contributed by atoms with Gasteiger partial charge in [-0.05, 0) is 44.0 Å². The van der Waals surface area contributed by atoms with E-state index >= 15 is 0 Å². The van der Waals surface area contributed by atoms with Gasteiger partial charge in [0.15, 0.2) is 0 Å². The number of hydrogen-bond acceptors (Lipinski definition) is 3. The SMILES string of the molecule is Cc1ccc(C(C(C)N)N2CCc3ccccc32)o1. The summed E-state index contributed by atoms with van der Waals surface area (Å²) >= 11 is 0. The minimum Gasteiger partial charge on any atom is -0.464 e. The highest BCUT2D eigenvalue weighted by molar-refractivity contribution is 5.59. The molecular formula is C16H20N2O. The van der Waals surface area contributed by atoms with E-state index in [1.165, 1.54) is 11.3 Å². The van der Waals surface area contributed by atoms with Crippen molar-refractivity contribution >= 4 is 5.69 Å². The van der Waals surface area contributed by atoms with Gasteiger partial charge in [-0.25, -0.2) is 0 Å². The summed E-state index contributed by atoms with van der Waals surface area (Å²) in [6.45, 7) is 5.02. The Hall–Kier alpha value is -1.74. The van der Waals surface area contributed by atoms with Crippen molar-refractivity contribution in [2.24, 2.45) is 5.73 Å². The van der Waals surface area contributed by atoms with Crippen molar-refractivity contribution in [3.63, 3.8) is 0 Å². The first kappa shape index (κ1) is 12.3. The molecule has 0 amide bonds. The second-order valence-electron chi connectivity index (χ2n) is 5.32. The van der Waals surface area contributed by atoms with Crippen molar-refractivity contribution in [2.75, 3.05) is 11.4 Å². The zero-order valence-corrected chi connectivity index (χ0v) is 11.5. The van der Waals surface area contributed by atoms with Crippen LogP contribution in [0.15, 0.2) is 40.8 Å². The molecule has 2 atom stereocenters. The zero-order valence-electron chi connectivity index (χ0n) is 11.5. The number of benzene rings is 1. The van der Waals surface area contributed by atoms with E-state index in [0.29, 0.717) is 0 Å². The van der Waals surface area contributed by atoms with E-state index in [9.17, 15) is 0 Å². The maximum absolute atomic E-state index is 6.21. The van der Waals surface area contributed by atoms with Gasteiger partial charge < -0.3 is 15.1 Å². The number of para-hydroxylation sites is 1. The summed E-state index contributed by atoms with van der Waals surface area (Å²) < 4.78 is 5.81. The van der Waals surface area contributed by atoms with E-state index in [0.717, 1.165) is 24.5 Å². The molecule has 0 radical (unpaired) electrons. The lowest BCUT2D eigenvalue weighted by molar-refractivity contribution is 0.405. The molecule has 2 unspecified atom stereocenters. The summed E-state index contributed by atoms with van der Waals surface area (Å²) in [5.41, 5.74) is 8.90. The van der Waals surface area contributed by atoms with Gasteiger partial charge in [0.25, 0.3) is 0 Å². The molecule has 1 aliphatic rings. The van der Waals surface area contributed by atoms with Gasteiger partial charge in [-0.3, -0.25) is 0 Å².